The second-order valence-electron chi connectivity index (χ2n) is 1.54. The van der Waals surface area contributed by atoms with Crippen molar-refractivity contribution in [3.8, 4) is 24.7 Å². The van der Waals surface area contributed by atoms with E-state index in [-0.39, 0.29) is 0 Å². The van der Waals surface area contributed by atoms with Crippen molar-refractivity contribution in [1.29, 1.82) is 0 Å². The van der Waals surface area contributed by atoms with E-state index in [9.17, 15) is 0 Å². The lowest BCUT2D eigenvalue weighted by molar-refractivity contribution is 1.20. The molecule has 0 unspecified atom stereocenters. The highest BCUT2D eigenvalue weighted by atomic mass is 13.9. The maximum atomic E-state index is 5.06. The van der Waals surface area contributed by atoms with Crippen molar-refractivity contribution in [2.24, 2.45) is 0 Å². The Morgan fingerprint density at radius 3 is 2.33 bits per heavy atom. The lowest BCUT2D eigenvalue weighted by atomic mass is 10.1. The summed E-state index contributed by atoms with van der Waals surface area (Å²) in [5.74, 6) is 5.53. The van der Waals surface area contributed by atoms with Crippen LogP contribution in [0.15, 0.2) is 12.2 Å². The first-order valence-corrected chi connectivity index (χ1v) is 2.75. The van der Waals surface area contributed by atoms with Gasteiger partial charge in [-0.2, -0.15) is 0 Å². The minimum Gasteiger partial charge on any atom is -0.118 e. The molecule has 0 rings (SSSR count). The molecule has 0 heteroatoms. The van der Waals surface area contributed by atoms with Crippen LogP contribution >= 0.6 is 0 Å². The van der Waals surface area contributed by atoms with Crippen LogP contribution in [0.4, 0.5) is 0 Å². The molecule has 0 saturated carbocycles. The summed E-state index contributed by atoms with van der Waals surface area (Å²) in [4.78, 5) is 0. The van der Waals surface area contributed by atoms with E-state index < -0.39 is 0 Å². The van der Waals surface area contributed by atoms with Gasteiger partial charge in [0.1, 0.15) is 5.92 Å². The van der Waals surface area contributed by atoms with Crippen LogP contribution < -0.4 is 0 Å². The van der Waals surface area contributed by atoms with Gasteiger partial charge in [-0.15, -0.1) is 12.8 Å². The first kappa shape index (κ1) is 7.86. The van der Waals surface area contributed by atoms with Crippen LogP contribution in [0.1, 0.15) is 13.3 Å². The van der Waals surface area contributed by atoms with Crippen LogP contribution in [0, 0.1) is 30.6 Å². The predicted molar refractivity (Wildman–Crippen MR) is 40.3 cm³/mol. The largest absolute Gasteiger partial charge is 0.122 e. The Hall–Kier alpha value is -1.14. The first-order valence-electron chi connectivity index (χ1n) is 2.75. The molecule has 9 heavy (non-hydrogen) atoms. The summed E-state index contributed by atoms with van der Waals surface area (Å²) in [6, 6.07) is 0. The summed E-state index contributed by atoms with van der Waals surface area (Å²) in [5.41, 5.74) is 0. The van der Waals surface area contributed by atoms with Gasteiger partial charge in [0.15, 0.2) is 0 Å². The molecule has 1 radical (unpaired) electrons. The first-order chi connectivity index (χ1) is 4.35. The van der Waals surface area contributed by atoms with Gasteiger partial charge >= 0.3 is 0 Å². The molecule has 0 atom stereocenters. The molecule has 0 amide bonds. The van der Waals surface area contributed by atoms with Crippen molar-refractivity contribution in [2.45, 2.75) is 13.3 Å². The van der Waals surface area contributed by atoms with Crippen molar-refractivity contribution >= 4 is 0 Å². The third-order valence-electron chi connectivity index (χ3n) is 0.906. The fraction of sp³-hybridized carbons (Fsp3) is 0.222. The van der Waals surface area contributed by atoms with E-state index in [1.165, 1.54) is 0 Å². The molecule has 0 bridgehead atoms. The molecule has 0 aromatic carbocycles. The predicted octanol–water partition coefficient (Wildman–Crippen LogP) is 1.79. The summed E-state index contributed by atoms with van der Waals surface area (Å²) >= 11 is 0. The summed E-state index contributed by atoms with van der Waals surface area (Å²) in [5, 5.41) is 0. The molecule has 0 heterocycles. The Labute approximate surface area is 57.0 Å². The van der Waals surface area contributed by atoms with E-state index in [1.54, 1.807) is 0 Å². The highest BCUT2D eigenvalue weighted by molar-refractivity contribution is 5.34. The molecule has 45 valence electrons. The fourth-order valence-corrected chi connectivity index (χ4v) is 0.395. The lowest BCUT2D eigenvalue weighted by Crippen LogP contribution is -1.84. The van der Waals surface area contributed by atoms with Gasteiger partial charge < -0.3 is 0 Å². The molecule has 0 fully saturated rings. The minimum absolute atomic E-state index is 0.702. The number of hydrogen-bond donors (Lipinski definition) is 0. The maximum Gasteiger partial charge on any atom is 0.122 e. The molecular formula is C9H9. The average molecular weight is 117 g/mol. The Balaban J connectivity index is 3.64. The van der Waals surface area contributed by atoms with Crippen LogP contribution in [-0.4, -0.2) is 0 Å². The number of terminal acetylenes is 2. The number of hydrogen-bond acceptors (Lipinski definition) is 0. The fourth-order valence-electron chi connectivity index (χ4n) is 0.395. The summed E-state index contributed by atoms with van der Waals surface area (Å²) in [6.45, 7) is 1.94. The summed E-state index contributed by atoms with van der Waals surface area (Å²) in [7, 11) is 0. The topological polar surface area (TPSA) is 0 Å². The quantitative estimate of drug-likeness (QED) is 0.382. The van der Waals surface area contributed by atoms with E-state index in [2.05, 4.69) is 11.8 Å². The molecule has 0 saturated heterocycles. The zero-order valence-corrected chi connectivity index (χ0v) is 5.52. The number of allylic oxidation sites excluding steroid dienone is 2. The van der Waals surface area contributed by atoms with Gasteiger partial charge in [0.25, 0.3) is 0 Å². The second kappa shape index (κ2) is 5.01. The third-order valence-corrected chi connectivity index (χ3v) is 0.906. The SMILES string of the molecule is C#C[C](C#C)CC=CC. The van der Waals surface area contributed by atoms with Crippen LogP contribution in [0.25, 0.3) is 0 Å². The molecular weight excluding hydrogens is 108 g/mol. The summed E-state index contributed by atoms with van der Waals surface area (Å²) < 4.78 is 0. The van der Waals surface area contributed by atoms with E-state index in [1.807, 2.05) is 19.1 Å². The Morgan fingerprint density at radius 1 is 1.44 bits per heavy atom. The van der Waals surface area contributed by atoms with Crippen molar-refractivity contribution < 1.29 is 0 Å². The normalized spacial score (nSPS) is 9.33. The van der Waals surface area contributed by atoms with E-state index >= 15 is 0 Å². The molecule has 0 aromatic rings. The van der Waals surface area contributed by atoms with Gasteiger partial charge in [-0.3, -0.25) is 0 Å². The van der Waals surface area contributed by atoms with Gasteiger partial charge in [-0.1, -0.05) is 24.0 Å². The van der Waals surface area contributed by atoms with E-state index in [4.69, 9.17) is 12.8 Å². The van der Waals surface area contributed by atoms with Gasteiger partial charge in [0.2, 0.25) is 0 Å². The Bertz CT molecular complexity index is 147. The van der Waals surface area contributed by atoms with Gasteiger partial charge in [0.05, 0.1) is 0 Å². The Kier molecular flexibility index (Phi) is 4.37. The second-order valence-corrected chi connectivity index (χ2v) is 1.54. The van der Waals surface area contributed by atoms with E-state index in [0.29, 0.717) is 12.3 Å². The zero-order valence-electron chi connectivity index (χ0n) is 5.52. The van der Waals surface area contributed by atoms with Crippen LogP contribution in [0.5, 0.6) is 0 Å². The molecule has 0 aliphatic carbocycles. The van der Waals surface area contributed by atoms with Crippen LogP contribution in [-0.2, 0) is 0 Å². The molecule has 0 N–H and O–H groups in total. The average Bonchev–Trinajstić information content (AvgIpc) is 1.91. The molecule has 0 spiro atoms. The highest BCUT2D eigenvalue weighted by Crippen LogP contribution is 2.01. The molecule has 0 aliphatic rings. The van der Waals surface area contributed by atoms with Gasteiger partial charge in [-0.25, -0.2) is 0 Å². The van der Waals surface area contributed by atoms with E-state index in [0.717, 1.165) is 0 Å². The van der Waals surface area contributed by atoms with Crippen molar-refractivity contribution in [3.63, 3.8) is 0 Å². The zero-order chi connectivity index (χ0) is 7.11. The molecule has 0 aliphatic heterocycles. The monoisotopic (exact) mass is 117 g/mol. The minimum atomic E-state index is 0.702. The summed E-state index contributed by atoms with van der Waals surface area (Å²) in [6.07, 6.45) is 14.7. The smallest absolute Gasteiger partial charge is 0.118 e. The lowest BCUT2D eigenvalue weighted by Gasteiger charge is -1.91. The molecule has 0 aromatic heterocycles. The van der Waals surface area contributed by atoms with Crippen molar-refractivity contribution in [3.05, 3.63) is 18.1 Å². The highest BCUT2D eigenvalue weighted by Gasteiger charge is 1.94. The molecule has 0 nitrogen and oxygen atoms in total. The third kappa shape index (κ3) is 3.44. The standard InChI is InChI=1S/C9H9/c1-4-7-8-9(5-2)6-3/h2-4,7H,8H2,1H3. The van der Waals surface area contributed by atoms with Crippen molar-refractivity contribution in [2.75, 3.05) is 0 Å². The van der Waals surface area contributed by atoms with Crippen molar-refractivity contribution in [1.82, 2.24) is 0 Å². The van der Waals surface area contributed by atoms with Gasteiger partial charge in [0, 0.05) is 0 Å². The van der Waals surface area contributed by atoms with Crippen LogP contribution in [0.3, 0.4) is 0 Å². The number of rotatable bonds is 2. The van der Waals surface area contributed by atoms with Gasteiger partial charge in [-0.05, 0) is 13.3 Å². The van der Waals surface area contributed by atoms with Crippen LogP contribution in [0.2, 0.25) is 0 Å². The Morgan fingerprint density at radius 2 is 2.00 bits per heavy atom. The maximum absolute atomic E-state index is 5.06.